The van der Waals surface area contributed by atoms with Crippen molar-refractivity contribution in [1.29, 1.82) is 0 Å². The summed E-state index contributed by atoms with van der Waals surface area (Å²) < 4.78 is 5.06. The zero-order valence-corrected chi connectivity index (χ0v) is 20.7. The Bertz CT molecular complexity index is 486. The normalized spacial score (nSPS) is 14.9. The molecule has 0 aromatic carbocycles. The van der Waals surface area contributed by atoms with Crippen molar-refractivity contribution < 1.29 is 14.3 Å². The predicted molar refractivity (Wildman–Crippen MR) is 127 cm³/mol. The predicted octanol–water partition coefficient (Wildman–Crippen LogP) is 1.99. The van der Waals surface area contributed by atoms with Gasteiger partial charge in [0.25, 0.3) is 0 Å². The number of likely N-dealkylation sites (tertiary alicyclic amines) is 1. The molecule has 0 bridgehead atoms. The molecule has 2 N–H and O–H groups in total. The van der Waals surface area contributed by atoms with E-state index in [2.05, 4.69) is 21.9 Å². The van der Waals surface area contributed by atoms with Crippen molar-refractivity contribution in [3.63, 3.8) is 0 Å². The third kappa shape index (κ3) is 11.2. The second-order valence-corrected chi connectivity index (χ2v) is 7.67. The van der Waals surface area contributed by atoms with E-state index in [1.165, 1.54) is 4.90 Å². The molecule has 0 saturated carbocycles. The second-order valence-electron chi connectivity index (χ2n) is 6.68. The van der Waals surface area contributed by atoms with Crippen LogP contribution in [0.15, 0.2) is 4.99 Å². The Morgan fingerprint density at radius 1 is 1.25 bits per heavy atom. The van der Waals surface area contributed by atoms with Gasteiger partial charge < -0.3 is 25.2 Å². The lowest BCUT2D eigenvalue weighted by Gasteiger charge is -2.32. The van der Waals surface area contributed by atoms with Gasteiger partial charge in [-0.05, 0) is 44.6 Å². The minimum absolute atomic E-state index is 0. The van der Waals surface area contributed by atoms with Crippen LogP contribution in [-0.2, 0) is 9.53 Å². The van der Waals surface area contributed by atoms with Gasteiger partial charge in [-0.2, -0.15) is 11.8 Å². The monoisotopic (exact) mass is 529 g/mol. The number of carbonyl (C=O) groups is 2. The number of hydrogen-bond donors (Lipinski definition) is 2. The third-order valence-corrected chi connectivity index (χ3v) is 5.00. The Morgan fingerprint density at radius 3 is 2.50 bits per heavy atom. The molecule has 0 aliphatic carbocycles. The maximum atomic E-state index is 11.8. The molecule has 0 aromatic heterocycles. The average molecular weight is 529 g/mol. The number of aliphatic imine (C=N–C) groups is 1. The topological polar surface area (TPSA) is 86.3 Å². The minimum atomic E-state index is -0.242. The van der Waals surface area contributed by atoms with Crippen molar-refractivity contribution in [2.24, 2.45) is 4.99 Å². The van der Waals surface area contributed by atoms with Crippen molar-refractivity contribution >= 4 is 53.7 Å². The van der Waals surface area contributed by atoms with Gasteiger partial charge in [0.2, 0.25) is 5.91 Å². The second kappa shape index (κ2) is 15.9. The van der Waals surface area contributed by atoms with Gasteiger partial charge in [0, 0.05) is 39.8 Å². The SMILES string of the molecule is CCOC(=O)N1CCC(NC(=NCC(=O)N(C)C)NCCCCSC)CC1.I. The van der Waals surface area contributed by atoms with Crippen molar-refractivity contribution in [3.8, 4) is 0 Å². The minimum Gasteiger partial charge on any atom is -0.450 e. The molecule has 10 heteroatoms. The van der Waals surface area contributed by atoms with Crippen LogP contribution in [0.1, 0.15) is 32.6 Å². The van der Waals surface area contributed by atoms with E-state index < -0.39 is 0 Å². The number of nitrogens with zero attached hydrogens (tertiary/aromatic N) is 3. The summed E-state index contributed by atoms with van der Waals surface area (Å²) in [5.41, 5.74) is 0. The molecule has 164 valence electrons. The number of rotatable bonds is 9. The molecule has 0 atom stereocenters. The zero-order valence-electron chi connectivity index (χ0n) is 17.5. The first-order chi connectivity index (χ1) is 13.0. The molecule has 0 spiro atoms. The molecular weight excluding hydrogens is 493 g/mol. The molecule has 1 heterocycles. The van der Waals surface area contributed by atoms with Crippen LogP contribution in [0.3, 0.4) is 0 Å². The lowest BCUT2D eigenvalue weighted by molar-refractivity contribution is -0.127. The van der Waals surface area contributed by atoms with E-state index in [1.54, 1.807) is 19.0 Å². The molecule has 1 rings (SSSR count). The fourth-order valence-corrected chi connectivity index (χ4v) is 3.13. The summed E-state index contributed by atoms with van der Waals surface area (Å²) in [6, 6.07) is 0.225. The van der Waals surface area contributed by atoms with Crippen molar-refractivity contribution in [2.75, 3.05) is 58.9 Å². The van der Waals surface area contributed by atoms with E-state index in [-0.39, 0.29) is 48.6 Å². The summed E-state index contributed by atoms with van der Waals surface area (Å²) in [5.74, 6) is 1.78. The van der Waals surface area contributed by atoms with Crippen LogP contribution in [0.5, 0.6) is 0 Å². The highest BCUT2D eigenvalue weighted by Crippen LogP contribution is 2.11. The number of amides is 2. The van der Waals surface area contributed by atoms with E-state index in [1.807, 2.05) is 18.7 Å². The number of piperidine rings is 1. The number of ether oxygens (including phenoxy) is 1. The van der Waals surface area contributed by atoms with E-state index >= 15 is 0 Å². The fourth-order valence-electron chi connectivity index (χ4n) is 2.63. The number of hydrogen-bond acceptors (Lipinski definition) is 5. The number of halogens is 1. The molecule has 2 amide bonds. The highest BCUT2D eigenvalue weighted by atomic mass is 127. The molecule has 8 nitrogen and oxygen atoms in total. The van der Waals surface area contributed by atoms with Crippen LogP contribution in [0, 0.1) is 0 Å². The summed E-state index contributed by atoms with van der Waals surface area (Å²) in [6.45, 7) is 4.48. The summed E-state index contributed by atoms with van der Waals surface area (Å²) in [6.07, 6.45) is 5.73. The van der Waals surface area contributed by atoms with Gasteiger partial charge >= 0.3 is 6.09 Å². The van der Waals surface area contributed by atoms with E-state index in [0.29, 0.717) is 25.7 Å². The van der Waals surface area contributed by atoms with Gasteiger partial charge in [-0.3, -0.25) is 4.79 Å². The van der Waals surface area contributed by atoms with Gasteiger partial charge in [0.15, 0.2) is 5.96 Å². The van der Waals surface area contributed by atoms with Crippen LogP contribution in [0.25, 0.3) is 0 Å². The number of thioether (sulfide) groups is 1. The summed E-state index contributed by atoms with van der Waals surface area (Å²) in [7, 11) is 3.46. The quantitative estimate of drug-likeness (QED) is 0.206. The lowest BCUT2D eigenvalue weighted by Crippen LogP contribution is -2.50. The Labute approximate surface area is 190 Å². The van der Waals surface area contributed by atoms with Crippen molar-refractivity contribution in [2.45, 2.75) is 38.6 Å². The first-order valence-corrected chi connectivity index (χ1v) is 11.0. The standard InChI is InChI=1S/C18H35N5O3S.HI/c1-5-26-18(25)23-11-8-15(9-12-23)21-17(19-10-6-7-13-27-4)20-14-16(24)22(2)3;/h15H,5-14H2,1-4H3,(H2,19,20,21);1H. The molecule has 1 aliphatic rings. The number of carbonyl (C=O) groups excluding carboxylic acids is 2. The summed E-state index contributed by atoms with van der Waals surface area (Å²) in [5, 5.41) is 6.74. The first-order valence-electron chi connectivity index (χ1n) is 9.63. The number of nitrogens with one attached hydrogen (secondary N) is 2. The average Bonchev–Trinajstić information content (AvgIpc) is 2.66. The van der Waals surface area contributed by atoms with E-state index in [9.17, 15) is 9.59 Å². The molecule has 28 heavy (non-hydrogen) atoms. The molecule has 1 aliphatic heterocycles. The van der Waals surface area contributed by atoms with Gasteiger partial charge in [-0.25, -0.2) is 9.79 Å². The fraction of sp³-hybridized carbons (Fsp3) is 0.833. The number of guanidine groups is 1. The largest absolute Gasteiger partial charge is 0.450 e. The molecule has 0 unspecified atom stereocenters. The highest BCUT2D eigenvalue weighted by molar-refractivity contribution is 14.0. The Morgan fingerprint density at radius 2 is 1.93 bits per heavy atom. The highest BCUT2D eigenvalue weighted by Gasteiger charge is 2.24. The van der Waals surface area contributed by atoms with Gasteiger partial charge in [-0.1, -0.05) is 0 Å². The Balaban J connectivity index is 0.00000729. The molecule has 0 radical (unpaired) electrons. The van der Waals surface area contributed by atoms with E-state index in [4.69, 9.17) is 4.74 Å². The molecule has 1 fully saturated rings. The molecular formula is C18H36IN5O3S. The molecule has 0 aromatic rings. The van der Waals surface area contributed by atoms with Crippen LogP contribution in [-0.4, -0.2) is 92.7 Å². The Kier molecular flexibility index (Phi) is 15.4. The number of unbranched alkanes of at least 4 members (excludes halogenated alkanes) is 1. The van der Waals surface area contributed by atoms with Gasteiger partial charge in [-0.15, -0.1) is 24.0 Å². The van der Waals surface area contributed by atoms with Crippen LogP contribution >= 0.6 is 35.7 Å². The van der Waals surface area contributed by atoms with Gasteiger partial charge in [0.1, 0.15) is 6.54 Å². The van der Waals surface area contributed by atoms with Crippen LogP contribution in [0.2, 0.25) is 0 Å². The third-order valence-electron chi connectivity index (χ3n) is 4.30. The van der Waals surface area contributed by atoms with E-state index in [0.717, 1.165) is 38.0 Å². The first kappa shape index (κ1) is 27.1. The van der Waals surface area contributed by atoms with Crippen LogP contribution < -0.4 is 10.6 Å². The summed E-state index contributed by atoms with van der Waals surface area (Å²) in [4.78, 5) is 31.3. The lowest BCUT2D eigenvalue weighted by atomic mass is 10.1. The van der Waals surface area contributed by atoms with Crippen molar-refractivity contribution in [3.05, 3.63) is 0 Å². The summed E-state index contributed by atoms with van der Waals surface area (Å²) >= 11 is 1.85. The number of likely N-dealkylation sites (N-methyl/N-ethyl adjacent to an activating group) is 1. The Hall–Kier alpha value is -0.910. The van der Waals surface area contributed by atoms with Gasteiger partial charge in [0.05, 0.1) is 6.61 Å². The maximum Gasteiger partial charge on any atom is 0.409 e. The van der Waals surface area contributed by atoms with Crippen LogP contribution in [0.4, 0.5) is 4.79 Å². The zero-order chi connectivity index (χ0) is 20.1. The molecule has 1 saturated heterocycles. The maximum absolute atomic E-state index is 11.8. The smallest absolute Gasteiger partial charge is 0.409 e. The van der Waals surface area contributed by atoms with Crippen molar-refractivity contribution in [1.82, 2.24) is 20.4 Å².